The second-order valence-corrected chi connectivity index (χ2v) is 19.2. The molecule has 0 spiro atoms. The molecule has 260 valence electrons. The molecule has 2 N–H and O–H groups in total. The molecule has 1 amide bonds. The van der Waals surface area contributed by atoms with Crippen molar-refractivity contribution in [1.29, 1.82) is 0 Å². The largest absolute Gasteiger partial charge is 0.481 e. The summed E-state index contributed by atoms with van der Waals surface area (Å²) in [6, 6.07) is 0. The number of hydrogen-bond acceptors (Lipinski definition) is 4. The lowest BCUT2D eigenvalue weighted by atomic mass is 9.32. The predicted octanol–water partition coefficient (Wildman–Crippen LogP) is 8.97. The Morgan fingerprint density at radius 2 is 1.57 bits per heavy atom. The number of amides is 1. The number of esters is 1. The van der Waals surface area contributed by atoms with E-state index in [4.69, 9.17) is 4.74 Å². The standard InChI is InChI=1S/C40H65NO5/c1-24(2)22-31(42)41-40-19-14-26(25(3)4)33(40)27-12-13-29-37(9)17-16-30(46-32(43)23-35(5,6)34(44)45)36(7,8)28(37)15-18-39(29,11)38(27,10)20-21-40/h24,26-30,33H,3,12-23H2,1-2,4-11H3,(H,41,42)(H,44,45)/t26-,27+,28-,29+,30-,33+,37-,38+,39+,40-/m0/s1. The summed E-state index contributed by atoms with van der Waals surface area (Å²) in [5, 5.41) is 13.3. The zero-order valence-electron chi connectivity index (χ0n) is 30.8. The molecule has 6 heteroatoms. The van der Waals surface area contributed by atoms with E-state index >= 15 is 0 Å². The second kappa shape index (κ2) is 11.6. The molecule has 5 fully saturated rings. The number of carboxylic acids is 1. The fourth-order valence-electron chi connectivity index (χ4n) is 12.9. The van der Waals surface area contributed by atoms with Crippen LogP contribution in [0.15, 0.2) is 12.2 Å². The van der Waals surface area contributed by atoms with E-state index in [1.165, 1.54) is 24.8 Å². The number of hydrogen-bond donors (Lipinski definition) is 2. The molecule has 0 aromatic heterocycles. The molecular weight excluding hydrogens is 574 g/mol. The number of aliphatic carboxylic acids is 1. The maximum absolute atomic E-state index is 13.3. The molecule has 46 heavy (non-hydrogen) atoms. The second-order valence-electron chi connectivity index (χ2n) is 19.2. The van der Waals surface area contributed by atoms with Crippen LogP contribution in [0, 0.1) is 62.6 Å². The number of nitrogens with one attached hydrogen (secondary N) is 1. The number of fused-ring (bicyclic) bond motifs is 7. The molecule has 0 unspecified atom stereocenters. The zero-order chi connectivity index (χ0) is 34.3. The summed E-state index contributed by atoms with van der Waals surface area (Å²) < 4.78 is 6.16. The maximum atomic E-state index is 13.3. The van der Waals surface area contributed by atoms with Crippen molar-refractivity contribution in [3.05, 3.63) is 12.2 Å². The van der Waals surface area contributed by atoms with E-state index in [0.29, 0.717) is 41.9 Å². The van der Waals surface area contributed by atoms with Gasteiger partial charge in [-0.05, 0) is 137 Å². The van der Waals surface area contributed by atoms with E-state index in [1.54, 1.807) is 13.8 Å². The molecule has 5 aliphatic carbocycles. The lowest BCUT2D eigenvalue weighted by Crippen LogP contribution is -2.69. The van der Waals surface area contributed by atoms with E-state index in [2.05, 4.69) is 67.3 Å². The van der Waals surface area contributed by atoms with Crippen LogP contribution in [-0.4, -0.2) is 34.6 Å². The highest BCUT2D eigenvalue weighted by Crippen LogP contribution is 2.76. The van der Waals surface area contributed by atoms with Crippen LogP contribution in [0.25, 0.3) is 0 Å². The Bertz CT molecular complexity index is 1250. The van der Waals surface area contributed by atoms with Crippen molar-refractivity contribution in [2.45, 2.75) is 158 Å². The van der Waals surface area contributed by atoms with Gasteiger partial charge in [-0.2, -0.15) is 0 Å². The highest BCUT2D eigenvalue weighted by Gasteiger charge is 2.71. The lowest BCUT2D eigenvalue weighted by molar-refractivity contribution is -0.246. The Morgan fingerprint density at radius 1 is 0.891 bits per heavy atom. The lowest BCUT2D eigenvalue weighted by Gasteiger charge is -2.73. The van der Waals surface area contributed by atoms with Crippen LogP contribution in [0.5, 0.6) is 0 Å². The number of carboxylic acid groups (broad SMARTS) is 1. The third kappa shape index (κ3) is 5.38. The summed E-state index contributed by atoms with van der Waals surface area (Å²) in [7, 11) is 0. The van der Waals surface area contributed by atoms with Gasteiger partial charge in [-0.1, -0.05) is 60.6 Å². The Hall–Kier alpha value is -1.85. The maximum Gasteiger partial charge on any atom is 0.309 e. The first-order valence-corrected chi connectivity index (χ1v) is 18.5. The minimum absolute atomic E-state index is 0.108. The Kier molecular flexibility index (Phi) is 8.97. The molecule has 0 radical (unpaired) electrons. The fraction of sp³-hybridized carbons (Fsp3) is 0.875. The van der Waals surface area contributed by atoms with Gasteiger partial charge in [0.15, 0.2) is 0 Å². The third-order valence-electron chi connectivity index (χ3n) is 15.4. The number of allylic oxidation sites excluding steroid dienone is 1. The van der Waals surface area contributed by atoms with Gasteiger partial charge in [-0.3, -0.25) is 14.4 Å². The number of carbonyl (C=O) groups is 3. The molecule has 0 aromatic carbocycles. The van der Waals surface area contributed by atoms with Crippen LogP contribution in [-0.2, 0) is 19.1 Å². The normalized spacial score (nSPS) is 43.0. The van der Waals surface area contributed by atoms with Crippen molar-refractivity contribution in [2.24, 2.45) is 62.6 Å². The Morgan fingerprint density at radius 3 is 2.17 bits per heavy atom. The Labute approximate surface area is 279 Å². The fourth-order valence-corrected chi connectivity index (χ4v) is 12.9. The highest BCUT2D eigenvalue weighted by molar-refractivity contribution is 5.81. The van der Waals surface area contributed by atoms with Crippen molar-refractivity contribution in [2.75, 3.05) is 0 Å². The summed E-state index contributed by atoms with van der Waals surface area (Å²) in [4.78, 5) is 38.0. The van der Waals surface area contributed by atoms with Crippen LogP contribution in [0.4, 0.5) is 0 Å². The van der Waals surface area contributed by atoms with Gasteiger partial charge in [0.05, 0.1) is 11.8 Å². The minimum atomic E-state index is -1.14. The van der Waals surface area contributed by atoms with Gasteiger partial charge < -0.3 is 15.2 Å². The SMILES string of the molecule is C=C(C)[C@@H]1CC[C@]2(NC(=O)CC(C)C)CC[C@]3(C)[C@H](CC[C@@H]4[C@@]5(C)CC[C@H](OC(=O)CC(C)(C)C(=O)O)C(C)(C)[C@@H]5CC[C@]43C)[C@@H]12. The average molecular weight is 640 g/mol. The molecule has 5 aliphatic rings. The van der Waals surface area contributed by atoms with E-state index in [0.717, 1.165) is 44.9 Å². The van der Waals surface area contributed by atoms with Crippen LogP contribution < -0.4 is 5.32 Å². The molecule has 0 saturated heterocycles. The molecule has 5 saturated carbocycles. The summed E-state index contributed by atoms with van der Waals surface area (Å²) in [6.45, 7) is 26.6. The van der Waals surface area contributed by atoms with Gasteiger partial charge in [0.1, 0.15) is 6.10 Å². The van der Waals surface area contributed by atoms with E-state index in [-0.39, 0.29) is 45.6 Å². The van der Waals surface area contributed by atoms with Crippen molar-refractivity contribution >= 4 is 17.8 Å². The molecule has 0 heterocycles. The van der Waals surface area contributed by atoms with Crippen molar-refractivity contribution < 1.29 is 24.2 Å². The van der Waals surface area contributed by atoms with Crippen LogP contribution in [0.2, 0.25) is 0 Å². The Balaban J connectivity index is 1.41. The first-order chi connectivity index (χ1) is 21.1. The van der Waals surface area contributed by atoms with Crippen molar-refractivity contribution in [3.63, 3.8) is 0 Å². The van der Waals surface area contributed by atoms with Gasteiger partial charge in [0, 0.05) is 17.4 Å². The molecule has 0 aromatic rings. The van der Waals surface area contributed by atoms with E-state index in [9.17, 15) is 19.5 Å². The minimum Gasteiger partial charge on any atom is -0.481 e. The van der Waals surface area contributed by atoms with Gasteiger partial charge in [-0.15, -0.1) is 0 Å². The van der Waals surface area contributed by atoms with E-state index < -0.39 is 17.4 Å². The third-order valence-corrected chi connectivity index (χ3v) is 15.4. The zero-order valence-corrected chi connectivity index (χ0v) is 30.8. The van der Waals surface area contributed by atoms with E-state index in [1.807, 2.05) is 0 Å². The molecule has 5 rings (SSSR count). The molecule has 0 bridgehead atoms. The van der Waals surface area contributed by atoms with Gasteiger partial charge in [0.25, 0.3) is 0 Å². The van der Waals surface area contributed by atoms with Crippen LogP contribution >= 0.6 is 0 Å². The first kappa shape index (κ1) is 35.5. The monoisotopic (exact) mass is 639 g/mol. The molecule has 10 atom stereocenters. The quantitative estimate of drug-likeness (QED) is 0.204. The summed E-state index contributed by atoms with van der Waals surface area (Å²) in [5.41, 5.74) is 0.396. The predicted molar refractivity (Wildman–Crippen MR) is 183 cm³/mol. The molecule has 6 nitrogen and oxygen atoms in total. The molecule has 0 aliphatic heterocycles. The van der Waals surface area contributed by atoms with Crippen LogP contribution in [0.1, 0.15) is 146 Å². The topological polar surface area (TPSA) is 92.7 Å². The summed E-state index contributed by atoms with van der Waals surface area (Å²) >= 11 is 0. The number of ether oxygens (including phenoxy) is 1. The summed E-state index contributed by atoms with van der Waals surface area (Å²) in [6.07, 6.45) is 11.3. The van der Waals surface area contributed by atoms with Crippen molar-refractivity contribution in [3.8, 4) is 0 Å². The highest BCUT2D eigenvalue weighted by atomic mass is 16.5. The number of rotatable bonds is 8. The van der Waals surface area contributed by atoms with Gasteiger partial charge in [0.2, 0.25) is 5.91 Å². The molecular formula is C40H65NO5. The summed E-state index contributed by atoms with van der Waals surface area (Å²) in [5.74, 6) is 1.72. The van der Waals surface area contributed by atoms with Gasteiger partial charge in [-0.25, -0.2) is 0 Å². The van der Waals surface area contributed by atoms with Crippen LogP contribution in [0.3, 0.4) is 0 Å². The number of carbonyl (C=O) groups excluding carboxylic acids is 2. The van der Waals surface area contributed by atoms with Gasteiger partial charge >= 0.3 is 11.9 Å². The first-order valence-electron chi connectivity index (χ1n) is 18.5. The average Bonchev–Trinajstić information content (AvgIpc) is 3.29. The van der Waals surface area contributed by atoms with Crippen molar-refractivity contribution in [1.82, 2.24) is 5.32 Å². The smallest absolute Gasteiger partial charge is 0.309 e.